The highest BCUT2D eigenvalue weighted by Crippen LogP contribution is 2.10. The fraction of sp³-hybridized carbons (Fsp3) is 0.857. The molecule has 0 aromatic heterocycles. The Bertz CT molecular complexity index is 195. The van der Waals surface area contributed by atoms with Crippen molar-refractivity contribution in [3.8, 4) is 0 Å². The van der Waals surface area contributed by atoms with Crippen molar-refractivity contribution in [2.45, 2.75) is 52.0 Å². The minimum Gasteiger partial charge on any atom is -0.313 e. The average molecular weight is 224 g/mol. The lowest BCUT2D eigenvalue weighted by Crippen LogP contribution is -2.39. The molecule has 94 valence electrons. The monoisotopic (exact) mass is 224 g/mol. The van der Waals surface area contributed by atoms with Crippen LogP contribution in [0.4, 0.5) is 0 Å². The van der Waals surface area contributed by atoms with Crippen molar-refractivity contribution in [2.75, 3.05) is 26.2 Å². The summed E-state index contributed by atoms with van der Waals surface area (Å²) in [7, 11) is 0. The van der Waals surface area contributed by atoms with Gasteiger partial charge in [0.2, 0.25) is 0 Å². The van der Waals surface area contributed by atoms with E-state index in [4.69, 9.17) is 0 Å². The molecule has 0 aromatic rings. The number of rotatable bonds is 8. The Morgan fingerprint density at radius 3 is 2.81 bits per heavy atom. The van der Waals surface area contributed by atoms with E-state index in [9.17, 15) is 0 Å². The van der Waals surface area contributed by atoms with Crippen molar-refractivity contribution < 1.29 is 0 Å². The van der Waals surface area contributed by atoms with Crippen molar-refractivity contribution in [1.29, 1.82) is 0 Å². The van der Waals surface area contributed by atoms with E-state index in [0.29, 0.717) is 0 Å². The van der Waals surface area contributed by atoms with E-state index in [0.717, 1.165) is 19.0 Å². The average Bonchev–Trinajstić information content (AvgIpc) is 2.78. The van der Waals surface area contributed by atoms with Gasteiger partial charge in [0, 0.05) is 19.1 Å². The molecule has 0 radical (unpaired) electrons. The molecule has 0 bridgehead atoms. The predicted molar refractivity (Wildman–Crippen MR) is 71.8 cm³/mol. The van der Waals surface area contributed by atoms with Crippen LogP contribution in [0.25, 0.3) is 0 Å². The third kappa shape index (κ3) is 5.13. The highest BCUT2D eigenvalue weighted by atomic mass is 15.2. The lowest BCUT2D eigenvalue weighted by molar-refractivity contribution is 0.263. The SMILES string of the molecule is C=C(CC)CN(CCCC)CC1CCCN1. The molecule has 1 saturated heterocycles. The van der Waals surface area contributed by atoms with Gasteiger partial charge in [-0.25, -0.2) is 0 Å². The van der Waals surface area contributed by atoms with Gasteiger partial charge < -0.3 is 5.32 Å². The van der Waals surface area contributed by atoms with E-state index in [1.54, 1.807) is 0 Å². The maximum absolute atomic E-state index is 4.13. The Labute approximate surface area is 101 Å². The number of hydrogen-bond donors (Lipinski definition) is 1. The maximum Gasteiger partial charge on any atom is 0.0195 e. The van der Waals surface area contributed by atoms with Gasteiger partial charge in [-0.15, -0.1) is 0 Å². The summed E-state index contributed by atoms with van der Waals surface area (Å²) in [4.78, 5) is 2.58. The smallest absolute Gasteiger partial charge is 0.0195 e. The molecule has 1 fully saturated rings. The molecule has 16 heavy (non-hydrogen) atoms. The first-order valence-electron chi connectivity index (χ1n) is 6.88. The lowest BCUT2D eigenvalue weighted by Gasteiger charge is -2.26. The molecule has 0 aromatic carbocycles. The van der Waals surface area contributed by atoms with Crippen molar-refractivity contribution in [3.63, 3.8) is 0 Å². The summed E-state index contributed by atoms with van der Waals surface area (Å²) in [5, 5.41) is 3.58. The Morgan fingerprint density at radius 1 is 1.44 bits per heavy atom. The molecule has 0 saturated carbocycles. The van der Waals surface area contributed by atoms with Crippen LogP contribution >= 0.6 is 0 Å². The van der Waals surface area contributed by atoms with Crippen LogP contribution in [0.3, 0.4) is 0 Å². The molecule has 0 spiro atoms. The highest BCUT2D eigenvalue weighted by molar-refractivity contribution is 4.96. The van der Waals surface area contributed by atoms with Crippen molar-refractivity contribution in [1.82, 2.24) is 10.2 Å². The van der Waals surface area contributed by atoms with Gasteiger partial charge in [-0.3, -0.25) is 4.90 Å². The van der Waals surface area contributed by atoms with Crippen LogP contribution in [0.15, 0.2) is 12.2 Å². The zero-order valence-corrected chi connectivity index (χ0v) is 11.1. The van der Waals surface area contributed by atoms with E-state index in [2.05, 4.69) is 30.6 Å². The van der Waals surface area contributed by atoms with E-state index in [1.807, 2.05) is 0 Å². The summed E-state index contributed by atoms with van der Waals surface area (Å²) in [6.07, 6.45) is 6.40. The zero-order valence-electron chi connectivity index (χ0n) is 11.1. The van der Waals surface area contributed by atoms with Crippen LogP contribution in [-0.4, -0.2) is 37.1 Å². The zero-order chi connectivity index (χ0) is 11.8. The number of hydrogen-bond acceptors (Lipinski definition) is 2. The van der Waals surface area contributed by atoms with E-state index >= 15 is 0 Å². The molecule has 1 N–H and O–H groups in total. The molecule has 0 aliphatic carbocycles. The minimum absolute atomic E-state index is 0.724. The summed E-state index contributed by atoms with van der Waals surface area (Å²) in [5.74, 6) is 0. The second kappa shape index (κ2) is 7.86. The summed E-state index contributed by atoms with van der Waals surface area (Å²) < 4.78 is 0. The Balaban J connectivity index is 2.32. The lowest BCUT2D eigenvalue weighted by atomic mass is 10.1. The second-order valence-electron chi connectivity index (χ2n) is 4.99. The summed E-state index contributed by atoms with van der Waals surface area (Å²) in [6, 6.07) is 0.724. The third-order valence-corrected chi connectivity index (χ3v) is 3.42. The van der Waals surface area contributed by atoms with Gasteiger partial charge in [-0.1, -0.05) is 32.4 Å². The van der Waals surface area contributed by atoms with Crippen LogP contribution < -0.4 is 5.32 Å². The van der Waals surface area contributed by atoms with Crippen molar-refractivity contribution in [2.24, 2.45) is 0 Å². The van der Waals surface area contributed by atoms with Crippen LogP contribution in [0.5, 0.6) is 0 Å². The molecule has 2 heteroatoms. The molecule has 1 aliphatic rings. The molecular weight excluding hydrogens is 196 g/mol. The van der Waals surface area contributed by atoms with E-state index in [-0.39, 0.29) is 0 Å². The first-order chi connectivity index (χ1) is 7.76. The molecular formula is C14H28N2. The molecule has 1 unspecified atom stereocenters. The fourth-order valence-electron chi connectivity index (χ4n) is 2.27. The van der Waals surface area contributed by atoms with Crippen molar-refractivity contribution in [3.05, 3.63) is 12.2 Å². The van der Waals surface area contributed by atoms with Crippen LogP contribution in [-0.2, 0) is 0 Å². The van der Waals surface area contributed by atoms with Gasteiger partial charge >= 0.3 is 0 Å². The molecule has 1 aliphatic heterocycles. The van der Waals surface area contributed by atoms with Gasteiger partial charge in [0.05, 0.1) is 0 Å². The van der Waals surface area contributed by atoms with Crippen LogP contribution in [0.1, 0.15) is 46.0 Å². The highest BCUT2D eigenvalue weighted by Gasteiger charge is 2.17. The number of nitrogens with zero attached hydrogens (tertiary/aromatic N) is 1. The van der Waals surface area contributed by atoms with Gasteiger partial charge in [0.1, 0.15) is 0 Å². The molecule has 1 rings (SSSR count). The van der Waals surface area contributed by atoms with Gasteiger partial charge in [-0.05, 0) is 38.8 Å². The topological polar surface area (TPSA) is 15.3 Å². The first kappa shape index (κ1) is 13.7. The van der Waals surface area contributed by atoms with Gasteiger partial charge in [0.15, 0.2) is 0 Å². The normalized spacial score (nSPS) is 20.6. The van der Waals surface area contributed by atoms with Crippen LogP contribution in [0.2, 0.25) is 0 Å². The largest absolute Gasteiger partial charge is 0.313 e. The van der Waals surface area contributed by atoms with E-state index < -0.39 is 0 Å². The van der Waals surface area contributed by atoms with Crippen molar-refractivity contribution >= 4 is 0 Å². The predicted octanol–water partition coefficient (Wildman–Crippen LogP) is 2.81. The molecule has 0 amide bonds. The standard InChI is InChI=1S/C14H28N2/c1-4-6-10-16(11-13(3)5-2)12-14-8-7-9-15-14/h14-15H,3-12H2,1-2H3. The van der Waals surface area contributed by atoms with Crippen LogP contribution in [0, 0.1) is 0 Å². The minimum atomic E-state index is 0.724. The third-order valence-electron chi connectivity index (χ3n) is 3.42. The molecule has 1 atom stereocenters. The Kier molecular flexibility index (Phi) is 6.74. The summed E-state index contributed by atoms with van der Waals surface area (Å²) in [5.41, 5.74) is 1.37. The van der Waals surface area contributed by atoms with Gasteiger partial charge in [-0.2, -0.15) is 0 Å². The van der Waals surface area contributed by atoms with E-state index in [1.165, 1.54) is 50.9 Å². The maximum atomic E-state index is 4.13. The summed E-state index contributed by atoms with van der Waals surface area (Å²) >= 11 is 0. The molecule has 2 nitrogen and oxygen atoms in total. The first-order valence-corrected chi connectivity index (χ1v) is 6.88. The number of unbranched alkanes of at least 4 members (excludes halogenated alkanes) is 1. The van der Waals surface area contributed by atoms with Gasteiger partial charge in [0.25, 0.3) is 0 Å². The fourth-order valence-corrected chi connectivity index (χ4v) is 2.27. The number of nitrogens with one attached hydrogen (secondary N) is 1. The summed E-state index contributed by atoms with van der Waals surface area (Å²) in [6.45, 7) is 13.3. The molecule has 1 heterocycles. The second-order valence-corrected chi connectivity index (χ2v) is 4.99. The quantitative estimate of drug-likeness (QED) is 0.638. The Morgan fingerprint density at radius 2 is 2.25 bits per heavy atom. The Hall–Kier alpha value is -0.340.